The van der Waals surface area contributed by atoms with Crippen molar-refractivity contribution in [3.05, 3.63) is 33.9 Å². The first kappa shape index (κ1) is 13.5. The molecule has 1 aromatic carbocycles. The van der Waals surface area contributed by atoms with Gasteiger partial charge in [0.25, 0.3) is 5.69 Å². The molecule has 1 N–H and O–H groups in total. The predicted octanol–water partition coefficient (Wildman–Crippen LogP) is 3.89. The summed E-state index contributed by atoms with van der Waals surface area (Å²) in [6, 6.07) is 4.92. The number of anilines is 1. The van der Waals surface area contributed by atoms with Gasteiger partial charge in [0.15, 0.2) is 0 Å². The maximum atomic E-state index is 10.7. The van der Waals surface area contributed by atoms with Gasteiger partial charge in [-0.15, -0.1) is 0 Å². The van der Waals surface area contributed by atoms with E-state index in [4.69, 9.17) is 0 Å². The van der Waals surface area contributed by atoms with Gasteiger partial charge in [-0.1, -0.05) is 19.4 Å². The maximum absolute atomic E-state index is 10.7. The van der Waals surface area contributed by atoms with E-state index >= 15 is 0 Å². The summed E-state index contributed by atoms with van der Waals surface area (Å²) in [6.45, 7) is 8.29. The van der Waals surface area contributed by atoms with Gasteiger partial charge in [-0.2, -0.15) is 0 Å². The van der Waals surface area contributed by atoms with Gasteiger partial charge < -0.3 is 5.32 Å². The molecule has 0 aliphatic heterocycles. The second kappa shape index (κ2) is 5.17. The van der Waals surface area contributed by atoms with E-state index in [1.165, 1.54) is 6.07 Å². The lowest BCUT2D eigenvalue weighted by molar-refractivity contribution is -0.384. The average molecular weight is 236 g/mol. The Kier molecular flexibility index (Phi) is 4.10. The van der Waals surface area contributed by atoms with Gasteiger partial charge in [-0.05, 0) is 32.8 Å². The zero-order chi connectivity index (χ0) is 13.1. The molecule has 0 aliphatic rings. The first-order valence-electron chi connectivity index (χ1n) is 5.89. The summed E-state index contributed by atoms with van der Waals surface area (Å²) in [7, 11) is 0. The summed E-state index contributed by atoms with van der Waals surface area (Å²) in [5, 5.41) is 14.1. The third-order valence-electron chi connectivity index (χ3n) is 2.78. The third kappa shape index (κ3) is 3.73. The fourth-order valence-electron chi connectivity index (χ4n) is 1.91. The zero-order valence-electron chi connectivity index (χ0n) is 10.9. The van der Waals surface area contributed by atoms with Crippen LogP contribution in [0.1, 0.15) is 39.2 Å². The lowest BCUT2D eigenvalue weighted by atomic mass is 9.98. The van der Waals surface area contributed by atoms with Crippen LogP contribution in [0.25, 0.3) is 0 Å². The Bertz CT molecular complexity index is 414. The first-order valence-corrected chi connectivity index (χ1v) is 5.89. The molecule has 0 radical (unpaired) electrons. The van der Waals surface area contributed by atoms with Crippen LogP contribution in [0.5, 0.6) is 0 Å². The van der Waals surface area contributed by atoms with Crippen LogP contribution < -0.4 is 5.32 Å². The number of hydrogen-bond acceptors (Lipinski definition) is 3. The van der Waals surface area contributed by atoms with Crippen molar-refractivity contribution < 1.29 is 4.92 Å². The topological polar surface area (TPSA) is 55.2 Å². The zero-order valence-corrected chi connectivity index (χ0v) is 10.9. The molecule has 4 heteroatoms. The second-order valence-electron chi connectivity index (χ2n) is 5.02. The van der Waals surface area contributed by atoms with E-state index in [2.05, 4.69) is 26.1 Å². The molecule has 0 saturated carbocycles. The van der Waals surface area contributed by atoms with Gasteiger partial charge in [0, 0.05) is 23.4 Å². The Morgan fingerprint density at radius 1 is 1.41 bits per heavy atom. The summed E-state index contributed by atoms with van der Waals surface area (Å²) in [6.07, 6.45) is 2.10. The molecule has 94 valence electrons. The second-order valence-corrected chi connectivity index (χ2v) is 5.02. The summed E-state index contributed by atoms with van der Waals surface area (Å²) >= 11 is 0. The van der Waals surface area contributed by atoms with Crippen molar-refractivity contribution >= 4 is 11.4 Å². The molecule has 0 spiro atoms. The van der Waals surface area contributed by atoms with E-state index in [-0.39, 0.29) is 16.1 Å². The van der Waals surface area contributed by atoms with E-state index in [9.17, 15) is 10.1 Å². The standard InChI is InChI=1S/C13H20N2O2/c1-5-8-13(3,4)14-12-9-11(15(16)17)7-6-10(12)2/h6-7,9,14H,5,8H2,1-4H3. The largest absolute Gasteiger partial charge is 0.380 e. The van der Waals surface area contributed by atoms with Crippen LogP contribution in [0, 0.1) is 17.0 Å². The van der Waals surface area contributed by atoms with Crippen molar-refractivity contribution in [2.45, 2.75) is 46.1 Å². The summed E-state index contributed by atoms with van der Waals surface area (Å²) in [5.74, 6) is 0. The molecule has 0 amide bonds. The average Bonchev–Trinajstić information content (AvgIpc) is 2.20. The fourth-order valence-corrected chi connectivity index (χ4v) is 1.91. The molecule has 0 unspecified atom stereocenters. The first-order chi connectivity index (χ1) is 7.85. The molecule has 1 rings (SSSR count). The van der Waals surface area contributed by atoms with Crippen molar-refractivity contribution in [2.24, 2.45) is 0 Å². The van der Waals surface area contributed by atoms with Crippen LogP contribution in [0.4, 0.5) is 11.4 Å². The van der Waals surface area contributed by atoms with E-state index in [1.54, 1.807) is 12.1 Å². The molecule has 17 heavy (non-hydrogen) atoms. The minimum Gasteiger partial charge on any atom is -0.380 e. The van der Waals surface area contributed by atoms with Crippen molar-refractivity contribution in [3.8, 4) is 0 Å². The Hall–Kier alpha value is -1.58. The molecule has 0 fully saturated rings. The van der Waals surface area contributed by atoms with Crippen LogP contribution in [-0.4, -0.2) is 10.5 Å². The normalized spacial score (nSPS) is 11.3. The Morgan fingerprint density at radius 3 is 2.59 bits per heavy atom. The number of nitrogens with one attached hydrogen (secondary N) is 1. The minimum absolute atomic E-state index is 0.0469. The van der Waals surface area contributed by atoms with Gasteiger partial charge >= 0.3 is 0 Å². The van der Waals surface area contributed by atoms with E-state index in [1.807, 2.05) is 6.92 Å². The van der Waals surface area contributed by atoms with Crippen molar-refractivity contribution in [3.63, 3.8) is 0 Å². The number of nitrogens with zero attached hydrogens (tertiary/aromatic N) is 1. The number of non-ortho nitro benzene ring substituents is 1. The SMILES string of the molecule is CCCC(C)(C)Nc1cc([N+](=O)[O-])ccc1C. The smallest absolute Gasteiger partial charge is 0.271 e. The van der Waals surface area contributed by atoms with Crippen LogP contribution in [0.3, 0.4) is 0 Å². The predicted molar refractivity (Wildman–Crippen MR) is 70.4 cm³/mol. The molecular formula is C13H20N2O2. The lowest BCUT2D eigenvalue weighted by Gasteiger charge is -2.28. The molecule has 1 aromatic rings. The molecule has 0 atom stereocenters. The van der Waals surface area contributed by atoms with Crippen LogP contribution in [-0.2, 0) is 0 Å². The van der Waals surface area contributed by atoms with Gasteiger partial charge in [-0.3, -0.25) is 10.1 Å². The quantitative estimate of drug-likeness (QED) is 0.623. The summed E-state index contributed by atoms with van der Waals surface area (Å²) in [5.41, 5.74) is 1.96. The monoisotopic (exact) mass is 236 g/mol. The van der Waals surface area contributed by atoms with Gasteiger partial charge in [-0.25, -0.2) is 0 Å². The van der Waals surface area contributed by atoms with Crippen LogP contribution in [0.2, 0.25) is 0 Å². The van der Waals surface area contributed by atoms with Crippen LogP contribution >= 0.6 is 0 Å². The molecule has 0 heterocycles. The molecule has 0 aromatic heterocycles. The van der Waals surface area contributed by atoms with Crippen molar-refractivity contribution in [1.29, 1.82) is 0 Å². The molecule has 0 bridgehead atoms. The molecular weight excluding hydrogens is 216 g/mol. The molecule has 4 nitrogen and oxygen atoms in total. The highest BCUT2D eigenvalue weighted by atomic mass is 16.6. The van der Waals surface area contributed by atoms with Crippen LogP contribution in [0.15, 0.2) is 18.2 Å². The Balaban J connectivity index is 2.97. The fraction of sp³-hybridized carbons (Fsp3) is 0.538. The Labute approximate surface area is 102 Å². The molecule has 0 aliphatic carbocycles. The highest BCUT2D eigenvalue weighted by Crippen LogP contribution is 2.26. The third-order valence-corrected chi connectivity index (χ3v) is 2.78. The molecule has 0 saturated heterocycles. The van der Waals surface area contributed by atoms with Gasteiger partial charge in [0.2, 0.25) is 0 Å². The number of hydrogen-bond donors (Lipinski definition) is 1. The van der Waals surface area contributed by atoms with Crippen molar-refractivity contribution in [1.82, 2.24) is 0 Å². The van der Waals surface area contributed by atoms with E-state index in [0.29, 0.717) is 0 Å². The van der Waals surface area contributed by atoms with Gasteiger partial charge in [0.05, 0.1) is 4.92 Å². The number of nitro benzene ring substituents is 1. The lowest BCUT2D eigenvalue weighted by Crippen LogP contribution is -2.30. The minimum atomic E-state index is -0.364. The number of rotatable bonds is 5. The van der Waals surface area contributed by atoms with E-state index in [0.717, 1.165) is 24.1 Å². The number of nitro groups is 1. The number of aryl methyl sites for hydroxylation is 1. The van der Waals surface area contributed by atoms with Crippen molar-refractivity contribution in [2.75, 3.05) is 5.32 Å². The summed E-state index contributed by atoms with van der Waals surface area (Å²) < 4.78 is 0. The highest BCUT2D eigenvalue weighted by Gasteiger charge is 2.18. The number of benzene rings is 1. The maximum Gasteiger partial charge on any atom is 0.271 e. The highest BCUT2D eigenvalue weighted by molar-refractivity contribution is 5.57. The Morgan fingerprint density at radius 2 is 2.06 bits per heavy atom. The summed E-state index contributed by atoms with van der Waals surface area (Å²) in [4.78, 5) is 10.4. The van der Waals surface area contributed by atoms with E-state index < -0.39 is 0 Å². The van der Waals surface area contributed by atoms with Gasteiger partial charge in [0.1, 0.15) is 0 Å².